The summed E-state index contributed by atoms with van der Waals surface area (Å²) in [4.78, 5) is 35.2. The van der Waals surface area contributed by atoms with E-state index in [9.17, 15) is 14.4 Å². The third-order valence-electron chi connectivity index (χ3n) is 3.52. The number of carbonyl (C=O) groups is 3. The summed E-state index contributed by atoms with van der Waals surface area (Å²) in [6.45, 7) is -0.464. The van der Waals surface area contributed by atoms with E-state index in [1.807, 2.05) is 29.1 Å². The van der Waals surface area contributed by atoms with Gasteiger partial charge >= 0.3 is 5.97 Å². The lowest BCUT2D eigenvalue weighted by molar-refractivity contribution is -0.119. The molecule has 2 amide bonds. The second kappa shape index (κ2) is 7.66. The maximum absolute atomic E-state index is 12.0. The van der Waals surface area contributed by atoms with E-state index >= 15 is 0 Å². The van der Waals surface area contributed by atoms with Crippen molar-refractivity contribution in [3.05, 3.63) is 71.4 Å². The molecule has 1 aromatic carbocycles. The van der Waals surface area contributed by atoms with Crippen LogP contribution in [-0.4, -0.2) is 29.0 Å². The molecule has 0 saturated carbocycles. The molecule has 0 unspecified atom stereocenters. The van der Waals surface area contributed by atoms with Crippen molar-refractivity contribution < 1.29 is 19.1 Å². The number of thiophene rings is 1. The highest BCUT2D eigenvalue weighted by Gasteiger charge is 2.14. The number of amides is 2. The minimum Gasteiger partial charge on any atom is -0.452 e. The molecule has 0 spiro atoms. The van der Waals surface area contributed by atoms with Crippen LogP contribution in [-0.2, 0) is 9.53 Å². The summed E-state index contributed by atoms with van der Waals surface area (Å²) >= 11 is 1.16. The molecule has 0 fully saturated rings. The Morgan fingerprint density at radius 3 is 2.42 bits per heavy atom. The molecular formula is C18H15N3O4S. The molecule has 7 nitrogen and oxygen atoms in total. The number of esters is 1. The monoisotopic (exact) mass is 369 g/mol. The summed E-state index contributed by atoms with van der Waals surface area (Å²) in [5.74, 6) is -1.80. The first kappa shape index (κ1) is 17.4. The second-order valence-corrected chi connectivity index (χ2v) is 6.21. The molecule has 132 valence electrons. The standard InChI is InChI=1S/C18H15N3O4S/c19-16(23)14-7-10-26-17(14)20-15(22)11-25-18(24)12-3-5-13(6-4-12)21-8-1-2-9-21/h1-10H,11H2,(H2,19,23)(H,20,22). The Balaban J connectivity index is 1.55. The predicted octanol–water partition coefficient (Wildman–Crippen LogP) is 2.43. The molecule has 0 aliphatic rings. The van der Waals surface area contributed by atoms with Crippen LogP contribution in [0.15, 0.2) is 60.2 Å². The van der Waals surface area contributed by atoms with Gasteiger partial charge in [0.05, 0.1) is 11.1 Å². The molecule has 0 saturated heterocycles. The number of nitrogens with one attached hydrogen (secondary N) is 1. The zero-order valence-corrected chi connectivity index (χ0v) is 14.4. The van der Waals surface area contributed by atoms with E-state index in [1.54, 1.807) is 29.6 Å². The molecular weight excluding hydrogens is 354 g/mol. The topological polar surface area (TPSA) is 103 Å². The molecule has 3 aromatic rings. The van der Waals surface area contributed by atoms with Gasteiger partial charge in [-0.1, -0.05) is 0 Å². The Bertz CT molecular complexity index is 930. The maximum atomic E-state index is 12.0. The molecule has 2 heterocycles. The summed E-state index contributed by atoms with van der Waals surface area (Å²) in [6.07, 6.45) is 3.78. The highest BCUT2D eigenvalue weighted by molar-refractivity contribution is 7.14. The maximum Gasteiger partial charge on any atom is 0.338 e. The highest BCUT2D eigenvalue weighted by Crippen LogP contribution is 2.22. The lowest BCUT2D eigenvalue weighted by Crippen LogP contribution is -2.22. The molecule has 0 aliphatic carbocycles. The fraction of sp³-hybridized carbons (Fsp3) is 0.0556. The van der Waals surface area contributed by atoms with E-state index in [2.05, 4.69) is 5.32 Å². The lowest BCUT2D eigenvalue weighted by Gasteiger charge is -2.07. The van der Waals surface area contributed by atoms with Crippen molar-refractivity contribution in [2.45, 2.75) is 0 Å². The summed E-state index contributed by atoms with van der Waals surface area (Å²) in [5, 5.41) is 4.47. The largest absolute Gasteiger partial charge is 0.452 e. The molecule has 0 aliphatic heterocycles. The smallest absolute Gasteiger partial charge is 0.338 e. The van der Waals surface area contributed by atoms with E-state index in [1.165, 1.54) is 6.07 Å². The van der Waals surface area contributed by atoms with Crippen LogP contribution in [0, 0.1) is 0 Å². The first-order valence-electron chi connectivity index (χ1n) is 7.62. The average Bonchev–Trinajstić information content (AvgIpc) is 3.31. The van der Waals surface area contributed by atoms with Crippen molar-refractivity contribution in [3.8, 4) is 5.69 Å². The molecule has 8 heteroatoms. The molecule has 0 radical (unpaired) electrons. The summed E-state index contributed by atoms with van der Waals surface area (Å²) in [7, 11) is 0. The van der Waals surface area contributed by atoms with Crippen LogP contribution in [0.5, 0.6) is 0 Å². The summed E-state index contributed by atoms with van der Waals surface area (Å²) < 4.78 is 6.90. The van der Waals surface area contributed by atoms with Gasteiger partial charge in [-0.3, -0.25) is 9.59 Å². The first-order chi connectivity index (χ1) is 12.5. The van der Waals surface area contributed by atoms with Gasteiger partial charge in [0.2, 0.25) is 0 Å². The minimum atomic E-state index is -0.638. The van der Waals surface area contributed by atoms with Gasteiger partial charge < -0.3 is 20.4 Å². The number of primary amides is 1. The summed E-state index contributed by atoms with van der Waals surface area (Å²) in [6, 6.07) is 12.1. The van der Waals surface area contributed by atoms with Crippen LogP contribution >= 0.6 is 11.3 Å². The van der Waals surface area contributed by atoms with E-state index in [0.29, 0.717) is 10.6 Å². The van der Waals surface area contributed by atoms with Gasteiger partial charge in [0.1, 0.15) is 5.00 Å². The van der Waals surface area contributed by atoms with Crippen LogP contribution in [0.1, 0.15) is 20.7 Å². The number of rotatable bonds is 6. The number of benzene rings is 1. The quantitative estimate of drug-likeness (QED) is 0.651. The van der Waals surface area contributed by atoms with Crippen molar-refractivity contribution >= 4 is 34.1 Å². The van der Waals surface area contributed by atoms with Crippen LogP contribution in [0.3, 0.4) is 0 Å². The normalized spacial score (nSPS) is 10.3. The first-order valence-corrected chi connectivity index (χ1v) is 8.50. The van der Waals surface area contributed by atoms with Gasteiger partial charge in [0.15, 0.2) is 6.61 Å². The number of nitrogens with zero attached hydrogens (tertiary/aromatic N) is 1. The van der Waals surface area contributed by atoms with Gasteiger partial charge in [-0.2, -0.15) is 0 Å². The van der Waals surface area contributed by atoms with E-state index in [-0.39, 0.29) is 5.56 Å². The third-order valence-corrected chi connectivity index (χ3v) is 4.35. The molecule has 3 rings (SSSR count). The van der Waals surface area contributed by atoms with Gasteiger partial charge in [0.25, 0.3) is 11.8 Å². The van der Waals surface area contributed by atoms with Crippen LogP contribution < -0.4 is 11.1 Å². The third kappa shape index (κ3) is 3.98. The van der Waals surface area contributed by atoms with Crippen molar-refractivity contribution in [2.75, 3.05) is 11.9 Å². The van der Waals surface area contributed by atoms with Gasteiger partial charge in [-0.05, 0) is 47.8 Å². The molecule has 2 aromatic heterocycles. The highest BCUT2D eigenvalue weighted by atomic mass is 32.1. The number of hydrogen-bond acceptors (Lipinski definition) is 5. The Hall–Kier alpha value is -3.39. The van der Waals surface area contributed by atoms with Gasteiger partial charge in [0, 0.05) is 18.1 Å². The van der Waals surface area contributed by atoms with Crippen LogP contribution in [0.25, 0.3) is 5.69 Å². The SMILES string of the molecule is NC(=O)c1ccsc1NC(=O)COC(=O)c1ccc(-n2cccc2)cc1. The molecule has 0 atom stereocenters. The van der Waals surface area contributed by atoms with E-state index < -0.39 is 24.4 Å². The molecule has 26 heavy (non-hydrogen) atoms. The lowest BCUT2D eigenvalue weighted by atomic mass is 10.2. The molecule has 0 bridgehead atoms. The second-order valence-electron chi connectivity index (χ2n) is 5.29. The van der Waals surface area contributed by atoms with Crippen molar-refractivity contribution in [3.63, 3.8) is 0 Å². The Labute approximate surface area is 153 Å². The van der Waals surface area contributed by atoms with E-state index in [0.717, 1.165) is 17.0 Å². The van der Waals surface area contributed by atoms with Crippen LogP contribution in [0.2, 0.25) is 0 Å². The van der Waals surface area contributed by atoms with E-state index in [4.69, 9.17) is 10.5 Å². The zero-order chi connectivity index (χ0) is 18.5. The minimum absolute atomic E-state index is 0.218. The van der Waals surface area contributed by atoms with Crippen LogP contribution in [0.4, 0.5) is 5.00 Å². The predicted molar refractivity (Wildman–Crippen MR) is 97.5 cm³/mol. The van der Waals surface area contributed by atoms with Crippen molar-refractivity contribution in [2.24, 2.45) is 5.73 Å². The number of anilines is 1. The number of aromatic nitrogens is 1. The fourth-order valence-corrected chi connectivity index (χ4v) is 3.06. The summed E-state index contributed by atoms with van der Waals surface area (Å²) in [5.41, 5.74) is 6.67. The van der Waals surface area contributed by atoms with Crippen molar-refractivity contribution in [1.29, 1.82) is 0 Å². The van der Waals surface area contributed by atoms with Gasteiger partial charge in [-0.25, -0.2) is 4.79 Å². The number of nitrogens with two attached hydrogens (primary N) is 1. The fourth-order valence-electron chi connectivity index (χ4n) is 2.25. The number of carbonyl (C=O) groups excluding carboxylic acids is 3. The number of hydrogen-bond donors (Lipinski definition) is 2. The van der Waals surface area contributed by atoms with Crippen molar-refractivity contribution in [1.82, 2.24) is 4.57 Å². The van der Waals surface area contributed by atoms with Gasteiger partial charge in [-0.15, -0.1) is 11.3 Å². The Kier molecular flexibility index (Phi) is 5.14. The Morgan fingerprint density at radius 1 is 1.08 bits per heavy atom. The molecule has 3 N–H and O–H groups in total. The zero-order valence-electron chi connectivity index (χ0n) is 13.5. The average molecular weight is 369 g/mol. The number of ether oxygens (including phenoxy) is 1. The Morgan fingerprint density at radius 2 is 1.77 bits per heavy atom.